The van der Waals surface area contributed by atoms with Gasteiger partial charge in [0, 0.05) is 46.9 Å². The Morgan fingerprint density at radius 3 is 2.00 bits per heavy atom. The van der Waals surface area contributed by atoms with Gasteiger partial charge in [0.25, 0.3) is 0 Å². The van der Waals surface area contributed by atoms with Crippen LogP contribution in [0.3, 0.4) is 0 Å². The third-order valence-corrected chi connectivity index (χ3v) is 8.12. The first-order valence-electron chi connectivity index (χ1n) is 13.0. The third kappa shape index (κ3) is 3.65. The molecule has 4 aromatic carbocycles. The van der Waals surface area contributed by atoms with Crippen molar-refractivity contribution >= 4 is 0 Å². The van der Waals surface area contributed by atoms with E-state index in [4.69, 9.17) is 14.2 Å². The lowest BCUT2D eigenvalue weighted by Crippen LogP contribution is -2.57. The van der Waals surface area contributed by atoms with Gasteiger partial charge in [0.2, 0.25) is 0 Å². The Balaban J connectivity index is 1.48. The summed E-state index contributed by atoms with van der Waals surface area (Å²) in [4.78, 5) is 0. The molecule has 222 valence electrons. The van der Waals surface area contributed by atoms with E-state index in [0.29, 0.717) is 0 Å². The Labute approximate surface area is 241 Å². The van der Waals surface area contributed by atoms with Crippen LogP contribution in [0.2, 0.25) is 0 Å². The minimum absolute atomic E-state index is 0.00718. The molecule has 3 aliphatic heterocycles. The van der Waals surface area contributed by atoms with E-state index in [1.54, 1.807) is 0 Å². The summed E-state index contributed by atoms with van der Waals surface area (Å²) < 4.78 is 18.5. The van der Waals surface area contributed by atoms with Crippen molar-refractivity contribution in [3.8, 4) is 63.2 Å². The molecule has 0 saturated heterocycles. The largest absolute Gasteiger partial charge is 0.508 e. The summed E-state index contributed by atoms with van der Waals surface area (Å²) in [5, 5.41) is 105. The summed E-state index contributed by atoms with van der Waals surface area (Å²) in [5.41, 5.74) is 0.419. The summed E-state index contributed by atoms with van der Waals surface area (Å²) in [6.07, 6.45) is -4.22. The van der Waals surface area contributed by atoms with Gasteiger partial charge in [-0.1, -0.05) is 6.07 Å². The van der Waals surface area contributed by atoms with Crippen molar-refractivity contribution in [2.75, 3.05) is 0 Å². The molecule has 10 N–H and O–H groups in total. The number of phenolic OH excluding ortho intramolecular Hbond substituents is 8. The molecular weight excluding hydrogens is 568 g/mol. The van der Waals surface area contributed by atoms with Crippen molar-refractivity contribution in [3.05, 3.63) is 76.3 Å². The second kappa shape index (κ2) is 8.80. The molecule has 13 nitrogen and oxygen atoms in total. The van der Waals surface area contributed by atoms with Gasteiger partial charge >= 0.3 is 5.79 Å². The van der Waals surface area contributed by atoms with Crippen LogP contribution in [-0.4, -0.2) is 63.3 Å². The van der Waals surface area contributed by atoms with E-state index in [1.807, 2.05) is 0 Å². The molecule has 0 fully saturated rings. The van der Waals surface area contributed by atoms with Gasteiger partial charge in [-0.2, -0.15) is 0 Å². The van der Waals surface area contributed by atoms with Gasteiger partial charge in [-0.05, 0) is 29.8 Å². The fourth-order valence-corrected chi connectivity index (χ4v) is 6.16. The number of hydrogen-bond acceptors (Lipinski definition) is 13. The highest BCUT2D eigenvalue weighted by Gasteiger charge is 2.60. The zero-order valence-electron chi connectivity index (χ0n) is 21.8. The lowest BCUT2D eigenvalue weighted by Gasteiger charge is -2.50. The standard InChI is InChI=1S/C30H24O13/c31-12-6-17(35)23-21(7-12)42-30(11-4-18(36)26(39)19(37)5-11)29(40)25(23)24-22(43-30)9-15(33)13-8-20(38)27(41-28(13)24)10-1-2-14(32)16(34)3-10/h1-7,9,20,25,27,29,31-40H,8H2/t20-,25-,27+,29?,30+/m1/s1. The van der Waals surface area contributed by atoms with Crippen LogP contribution >= 0.6 is 0 Å². The van der Waals surface area contributed by atoms with Gasteiger partial charge < -0.3 is 65.3 Å². The molecule has 0 amide bonds. The number of ether oxygens (including phenoxy) is 3. The van der Waals surface area contributed by atoms with Crippen LogP contribution in [0.5, 0.6) is 63.2 Å². The fraction of sp³-hybridized carbons (Fsp3) is 0.200. The summed E-state index contributed by atoms with van der Waals surface area (Å²) >= 11 is 0. The first-order chi connectivity index (χ1) is 20.4. The zero-order chi connectivity index (χ0) is 30.5. The average molecular weight is 593 g/mol. The average Bonchev–Trinajstić information content (AvgIpc) is 2.93. The molecule has 0 aromatic heterocycles. The van der Waals surface area contributed by atoms with Crippen molar-refractivity contribution in [2.45, 2.75) is 36.4 Å². The first kappa shape index (κ1) is 26.5. The van der Waals surface area contributed by atoms with Crippen LogP contribution in [0.4, 0.5) is 0 Å². The van der Waals surface area contributed by atoms with E-state index in [2.05, 4.69) is 0 Å². The molecule has 2 bridgehead atoms. The highest BCUT2D eigenvalue weighted by molar-refractivity contribution is 5.68. The lowest BCUT2D eigenvalue weighted by atomic mass is 9.74. The molecule has 3 heterocycles. The summed E-state index contributed by atoms with van der Waals surface area (Å²) in [5.74, 6) is -8.15. The molecule has 0 aliphatic carbocycles. The Kier molecular flexibility index (Phi) is 5.42. The molecule has 0 radical (unpaired) electrons. The Morgan fingerprint density at radius 2 is 1.33 bits per heavy atom. The van der Waals surface area contributed by atoms with Gasteiger partial charge in [-0.15, -0.1) is 0 Å². The smallest absolute Gasteiger partial charge is 0.305 e. The summed E-state index contributed by atoms with van der Waals surface area (Å²) in [6, 6.07) is 9.25. The molecule has 13 heteroatoms. The van der Waals surface area contributed by atoms with Gasteiger partial charge in [0.1, 0.15) is 46.7 Å². The van der Waals surface area contributed by atoms with E-state index in [9.17, 15) is 51.1 Å². The molecule has 3 aliphatic rings. The number of aromatic hydroxyl groups is 8. The zero-order valence-corrected chi connectivity index (χ0v) is 21.8. The summed E-state index contributed by atoms with van der Waals surface area (Å²) in [7, 11) is 0. The maximum atomic E-state index is 11.9. The van der Waals surface area contributed by atoms with Crippen LogP contribution in [0.1, 0.15) is 39.8 Å². The topological polar surface area (TPSA) is 230 Å². The third-order valence-electron chi connectivity index (χ3n) is 8.12. The van der Waals surface area contributed by atoms with Crippen LogP contribution in [-0.2, 0) is 12.2 Å². The van der Waals surface area contributed by atoms with Crippen LogP contribution in [0.15, 0.2) is 48.5 Å². The van der Waals surface area contributed by atoms with Crippen LogP contribution < -0.4 is 14.2 Å². The van der Waals surface area contributed by atoms with E-state index in [0.717, 1.165) is 24.3 Å². The van der Waals surface area contributed by atoms with Gasteiger partial charge in [0.05, 0.1) is 12.0 Å². The van der Waals surface area contributed by atoms with Crippen LogP contribution in [0, 0.1) is 0 Å². The normalized spacial score (nSPS) is 24.9. The molecule has 5 atom stereocenters. The van der Waals surface area contributed by atoms with Crippen LogP contribution in [0.25, 0.3) is 0 Å². The van der Waals surface area contributed by atoms with Gasteiger partial charge in [-0.3, -0.25) is 0 Å². The van der Waals surface area contributed by atoms with Crippen molar-refractivity contribution in [1.82, 2.24) is 0 Å². The Bertz CT molecular complexity index is 1810. The van der Waals surface area contributed by atoms with Crippen molar-refractivity contribution in [1.29, 1.82) is 0 Å². The predicted octanol–water partition coefficient (Wildman–Crippen LogP) is 2.50. The van der Waals surface area contributed by atoms with Gasteiger partial charge in [-0.25, -0.2) is 0 Å². The molecule has 43 heavy (non-hydrogen) atoms. The minimum Gasteiger partial charge on any atom is -0.508 e. The Hall–Kier alpha value is -5.40. The quantitative estimate of drug-likeness (QED) is 0.151. The molecule has 0 spiro atoms. The predicted molar refractivity (Wildman–Crippen MR) is 143 cm³/mol. The van der Waals surface area contributed by atoms with E-state index >= 15 is 0 Å². The molecule has 1 unspecified atom stereocenters. The lowest BCUT2D eigenvalue weighted by molar-refractivity contribution is -0.219. The highest BCUT2D eigenvalue weighted by Crippen LogP contribution is 2.62. The van der Waals surface area contributed by atoms with E-state index < -0.39 is 64.5 Å². The molecule has 7 rings (SSSR count). The van der Waals surface area contributed by atoms with E-state index in [-0.39, 0.29) is 63.0 Å². The number of aliphatic hydroxyl groups excluding tert-OH is 2. The number of aliphatic hydroxyl groups is 2. The summed E-state index contributed by atoms with van der Waals surface area (Å²) in [6.45, 7) is 0. The Morgan fingerprint density at radius 1 is 0.651 bits per heavy atom. The second-order valence-electron chi connectivity index (χ2n) is 10.7. The second-order valence-corrected chi connectivity index (χ2v) is 10.7. The number of phenols is 8. The molecule has 0 saturated carbocycles. The number of fused-ring (bicyclic) bond motifs is 8. The highest BCUT2D eigenvalue weighted by atomic mass is 16.7. The number of hydrogen-bond donors (Lipinski definition) is 10. The van der Waals surface area contributed by atoms with Crippen molar-refractivity contribution < 1.29 is 65.3 Å². The van der Waals surface area contributed by atoms with Crippen molar-refractivity contribution in [3.63, 3.8) is 0 Å². The van der Waals surface area contributed by atoms with Gasteiger partial charge in [0.15, 0.2) is 28.7 Å². The van der Waals surface area contributed by atoms with Crippen molar-refractivity contribution in [2.24, 2.45) is 0 Å². The number of rotatable bonds is 2. The molecular formula is C30H24O13. The monoisotopic (exact) mass is 592 g/mol. The maximum Gasteiger partial charge on any atom is 0.305 e. The first-order valence-corrected chi connectivity index (χ1v) is 13.0. The van der Waals surface area contributed by atoms with E-state index in [1.165, 1.54) is 24.3 Å². The molecule has 4 aromatic rings. The SMILES string of the molecule is Oc1cc(O)c2c(c1)O[C@@]1(c3cc(O)c(O)c(O)c3)Oc3cc(O)c4c(c3[C@@H]2C1O)O[C@@H](c1ccc(O)c(O)c1)[C@H](O)C4. The maximum absolute atomic E-state index is 11.9. The number of benzene rings is 4. The fourth-order valence-electron chi connectivity index (χ4n) is 6.16. The minimum atomic E-state index is -2.26.